The van der Waals surface area contributed by atoms with Crippen LogP contribution < -0.4 is 10.9 Å². The maximum atomic E-state index is 12.4. The first-order valence-electron chi connectivity index (χ1n) is 8.23. The summed E-state index contributed by atoms with van der Waals surface area (Å²) in [7, 11) is 0. The second kappa shape index (κ2) is 10.1. The monoisotopic (exact) mass is 465 g/mol. The van der Waals surface area contributed by atoms with Gasteiger partial charge in [-0.15, -0.1) is 0 Å². The number of aromatic nitrogens is 1. The highest BCUT2D eigenvalue weighted by Gasteiger charge is 2.09. The lowest BCUT2D eigenvalue weighted by Crippen LogP contribution is -2.27. The SMILES string of the molecule is CCOCCn1cc(C(=O)NCc2ccc(C#N)cc2CI)ccc1=O. The third-order valence-electron chi connectivity index (χ3n) is 3.85. The van der Waals surface area contributed by atoms with Crippen molar-refractivity contribution < 1.29 is 9.53 Å². The van der Waals surface area contributed by atoms with Crippen LogP contribution in [0.15, 0.2) is 41.3 Å². The number of carbonyl (C=O) groups excluding carboxylic acids is 1. The molecule has 0 aliphatic heterocycles. The summed E-state index contributed by atoms with van der Waals surface area (Å²) < 4.78 is 7.48. The second-order valence-electron chi connectivity index (χ2n) is 5.56. The van der Waals surface area contributed by atoms with Crippen LogP contribution in [0.4, 0.5) is 0 Å². The molecule has 0 aliphatic carbocycles. The molecule has 1 N–H and O–H groups in total. The number of amides is 1. The highest BCUT2D eigenvalue weighted by atomic mass is 127. The summed E-state index contributed by atoms with van der Waals surface area (Å²) in [5.74, 6) is -0.251. The largest absolute Gasteiger partial charge is 0.380 e. The Balaban J connectivity index is 2.07. The molecule has 0 atom stereocenters. The number of nitriles is 1. The predicted molar refractivity (Wildman–Crippen MR) is 107 cm³/mol. The Labute approximate surface area is 165 Å². The number of hydrogen-bond donors (Lipinski definition) is 1. The van der Waals surface area contributed by atoms with Crippen molar-refractivity contribution in [2.24, 2.45) is 0 Å². The minimum absolute atomic E-state index is 0.166. The number of pyridine rings is 1. The van der Waals surface area contributed by atoms with Crippen molar-refractivity contribution in [3.05, 3.63) is 69.1 Å². The van der Waals surface area contributed by atoms with Crippen LogP contribution in [0.25, 0.3) is 0 Å². The van der Waals surface area contributed by atoms with Gasteiger partial charge in [0.15, 0.2) is 0 Å². The van der Waals surface area contributed by atoms with Crippen LogP contribution in [0, 0.1) is 11.3 Å². The third kappa shape index (κ3) is 5.41. The quantitative estimate of drug-likeness (QED) is 0.369. The van der Waals surface area contributed by atoms with Crippen LogP contribution in [-0.2, 0) is 22.3 Å². The highest BCUT2D eigenvalue weighted by Crippen LogP contribution is 2.15. The van der Waals surface area contributed by atoms with E-state index in [1.807, 2.05) is 19.1 Å². The fourth-order valence-corrected chi connectivity index (χ4v) is 3.13. The van der Waals surface area contributed by atoms with E-state index in [-0.39, 0.29) is 11.5 Å². The molecule has 26 heavy (non-hydrogen) atoms. The Kier molecular flexibility index (Phi) is 7.81. The Bertz CT molecular complexity index is 871. The van der Waals surface area contributed by atoms with Gasteiger partial charge in [0.2, 0.25) is 0 Å². The molecular formula is C19H20IN3O3. The zero-order valence-electron chi connectivity index (χ0n) is 14.5. The fourth-order valence-electron chi connectivity index (χ4n) is 2.42. The van der Waals surface area contributed by atoms with E-state index in [0.29, 0.717) is 37.4 Å². The van der Waals surface area contributed by atoms with E-state index in [9.17, 15) is 9.59 Å². The third-order valence-corrected chi connectivity index (χ3v) is 4.67. The lowest BCUT2D eigenvalue weighted by Gasteiger charge is -2.11. The Morgan fingerprint density at radius 1 is 1.31 bits per heavy atom. The summed E-state index contributed by atoms with van der Waals surface area (Å²) in [4.78, 5) is 24.3. The lowest BCUT2D eigenvalue weighted by molar-refractivity contribution is 0.0949. The van der Waals surface area contributed by atoms with Gasteiger partial charge in [0, 0.05) is 36.4 Å². The van der Waals surface area contributed by atoms with Gasteiger partial charge in [-0.25, -0.2) is 0 Å². The predicted octanol–water partition coefficient (Wildman–Crippen LogP) is 2.62. The molecule has 0 saturated heterocycles. The molecule has 0 spiro atoms. The molecule has 0 aliphatic rings. The van der Waals surface area contributed by atoms with E-state index in [1.54, 1.807) is 12.3 Å². The molecule has 7 heteroatoms. The van der Waals surface area contributed by atoms with Crippen LogP contribution in [0.5, 0.6) is 0 Å². The van der Waals surface area contributed by atoms with Crippen molar-refractivity contribution in [3.8, 4) is 6.07 Å². The average molecular weight is 465 g/mol. The molecule has 0 saturated carbocycles. The molecule has 136 valence electrons. The first-order valence-corrected chi connectivity index (χ1v) is 9.76. The number of halogens is 1. The van der Waals surface area contributed by atoms with Crippen molar-refractivity contribution >= 4 is 28.5 Å². The Morgan fingerprint density at radius 2 is 2.12 bits per heavy atom. The van der Waals surface area contributed by atoms with Gasteiger partial charge in [-0.1, -0.05) is 28.7 Å². The zero-order chi connectivity index (χ0) is 18.9. The summed E-state index contributed by atoms with van der Waals surface area (Å²) in [5.41, 5.74) is 2.85. The van der Waals surface area contributed by atoms with Gasteiger partial charge in [-0.05, 0) is 36.2 Å². The maximum absolute atomic E-state index is 12.4. The van der Waals surface area contributed by atoms with Crippen molar-refractivity contribution in [2.75, 3.05) is 13.2 Å². The van der Waals surface area contributed by atoms with E-state index in [0.717, 1.165) is 15.6 Å². The standard InChI is InChI=1S/C19H20IN3O3/c1-2-26-8-7-23-13-16(5-6-18(23)24)19(25)22-12-15-4-3-14(11-21)9-17(15)10-20/h3-6,9,13H,2,7-8,10,12H2,1H3,(H,22,25). The minimum Gasteiger partial charge on any atom is -0.380 e. The van der Waals surface area contributed by atoms with Gasteiger partial charge >= 0.3 is 0 Å². The van der Waals surface area contributed by atoms with Crippen molar-refractivity contribution in [2.45, 2.75) is 24.4 Å². The molecule has 6 nitrogen and oxygen atoms in total. The van der Waals surface area contributed by atoms with Gasteiger partial charge in [0.05, 0.1) is 23.8 Å². The number of nitrogens with zero attached hydrogens (tertiary/aromatic N) is 2. The second-order valence-corrected chi connectivity index (χ2v) is 6.32. The molecule has 0 bridgehead atoms. The van der Waals surface area contributed by atoms with Gasteiger partial charge in [0.1, 0.15) is 0 Å². The van der Waals surface area contributed by atoms with Crippen molar-refractivity contribution in [1.82, 2.24) is 9.88 Å². The molecule has 1 aromatic heterocycles. The summed E-state index contributed by atoms with van der Waals surface area (Å²) in [6.45, 7) is 3.66. The fraction of sp³-hybridized carbons (Fsp3) is 0.316. The first kappa shape index (κ1) is 20.1. The van der Waals surface area contributed by atoms with E-state index in [1.165, 1.54) is 16.7 Å². The van der Waals surface area contributed by atoms with Crippen LogP contribution in [0.2, 0.25) is 0 Å². The number of alkyl halides is 1. The van der Waals surface area contributed by atoms with Crippen LogP contribution in [0.1, 0.15) is 34.0 Å². The summed E-state index contributed by atoms with van der Waals surface area (Å²) in [5, 5.41) is 11.9. The normalized spacial score (nSPS) is 10.3. The highest BCUT2D eigenvalue weighted by molar-refractivity contribution is 14.1. The number of hydrogen-bond acceptors (Lipinski definition) is 4. The van der Waals surface area contributed by atoms with Gasteiger partial charge < -0.3 is 14.6 Å². The van der Waals surface area contributed by atoms with Crippen LogP contribution >= 0.6 is 22.6 Å². The van der Waals surface area contributed by atoms with E-state index in [4.69, 9.17) is 10.00 Å². The molecule has 0 unspecified atom stereocenters. The lowest BCUT2D eigenvalue weighted by atomic mass is 10.1. The summed E-state index contributed by atoms with van der Waals surface area (Å²) in [6, 6.07) is 10.5. The summed E-state index contributed by atoms with van der Waals surface area (Å²) >= 11 is 2.23. The number of nitrogens with one attached hydrogen (secondary N) is 1. The zero-order valence-corrected chi connectivity index (χ0v) is 16.7. The topological polar surface area (TPSA) is 84.1 Å². The van der Waals surface area contributed by atoms with E-state index < -0.39 is 0 Å². The van der Waals surface area contributed by atoms with Crippen molar-refractivity contribution in [3.63, 3.8) is 0 Å². The number of carbonyl (C=O) groups is 1. The molecule has 2 aromatic rings. The number of ether oxygens (including phenoxy) is 1. The molecule has 2 rings (SSSR count). The molecule has 0 radical (unpaired) electrons. The smallest absolute Gasteiger partial charge is 0.253 e. The molecule has 1 amide bonds. The van der Waals surface area contributed by atoms with Gasteiger partial charge in [-0.3, -0.25) is 9.59 Å². The van der Waals surface area contributed by atoms with Gasteiger partial charge in [0.25, 0.3) is 11.5 Å². The van der Waals surface area contributed by atoms with E-state index >= 15 is 0 Å². The molecular weight excluding hydrogens is 445 g/mol. The average Bonchev–Trinajstić information content (AvgIpc) is 2.67. The molecule has 1 heterocycles. The molecule has 1 aromatic carbocycles. The Morgan fingerprint density at radius 3 is 2.81 bits per heavy atom. The molecule has 0 fully saturated rings. The maximum Gasteiger partial charge on any atom is 0.253 e. The Hall–Kier alpha value is -2.18. The minimum atomic E-state index is -0.251. The number of rotatable bonds is 8. The van der Waals surface area contributed by atoms with Crippen molar-refractivity contribution in [1.29, 1.82) is 5.26 Å². The number of benzene rings is 1. The summed E-state index contributed by atoms with van der Waals surface area (Å²) in [6.07, 6.45) is 1.55. The van der Waals surface area contributed by atoms with Crippen LogP contribution in [-0.4, -0.2) is 23.7 Å². The first-order chi connectivity index (χ1) is 12.6. The van der Waals surface area contributed by atoms with Crippen LogP contribution in [0.3, 0.4) is 0 Å². The van der Waals surface area contributed by atoms with E-state index in [2.05, 4.69) is 34.0 Å². The van der Waals surface area contributed by atoms with Gasteiger partial charge in [-0.2, -0.15) is 5.26 Å².